The number of halogens is 1. The van der Waals surface area contributed by atoms with Gasteiger partial charge in [0.05, 0.1) is 11.3 Å². The Morgan fingerprint density at radius 2 is 1.88 bits per heavy atom. The lowest BCUT2D eigenvalue weighted by Crippen LogP contribution is -2.09. The summed E-state index contributed by atoms with van der Waals surface area (Å²) in [5, 5.41) is 1.06. The van der Waals surface area contributed by atoms with E-state index in [2.05, 4.69) is 4.98 Å². The molecule has 0 aliphatic heterocycles. The summed E-state index contributed by atoms with van der Waals surface area (Å²) < 4.78 is 23.8. The van der Waals surface area contributed by atoms with Crippen LogP contribution >= 0.6 is 11.6 Å². The number of hydrogen-bond donors (Lipinski definition) is 0. The molecule has 0 radical (unpaired) electrons. The van der Waals surface area contributed by atoms with E-state index in [0.29, 0.717) is 17.8 Å². The quantitative estimate of drug-likeness (QED) is 0.802. The first-order valence-corrected chi connectivity index (χ1v) is 7.47. The van der Waals surface area contributed by atoms with Crippen LogP contribution in [0, 0.1) is 0 Å². The van der Waals surface area contributed by atoms with Crippen LogP contribution in [0.3, 0.4) is 0 Å². The standard InChI is InChI=1S/C12H12ClNO2S/c13-8-3-9-17(15,16)12-7-6-10-4-1-2-5-11(10)14-12/h1-2,4-7H,3,8-9H2. The second-order valence-electron chi connectivity index (χ2n) is 3.70. The molecule has 0 N–H and O–H groups in total. The fourth-order valence-electron chi connectivity index (χ4n) is 1.57. The Kier molecular flexibility index (Phi) is 3.64. The highest BCUT2D eigenvalue weighted by Gasteiger charge is 2.15. The average Bonchev–Trinajstić information content (AvgIpc) is 2.36. The van der Waals surface area contributed by atoms with Gasteiger partial charge in [0.1, 0.15) is 0 Å². The van der Waals surface area contributed by atoms with Gasteiger partial charge in [-0.15, -0.1) is 11.6 Å². The highest BCUT2D eigenvalue weighted by Crippen LogP contribution is 2.16. The molecule has 0 aliphatic carbocycles. The molecule has 90 valence electrons. The van der Waals surface area contributed by atoms with Crippen LogP contribution in [0.1, 0.15) is 6.42 Å². The van der Waals surface area contributed by atoms with Gasteiger partial charge in [-0.25, -0.2) is 13.4 Å². The van der Waals surface area contributed by atoms with Crippen molar-refractivity contribution in [1.82, 2.24) is 4.98 Å². The van der Waals surface area contributed by atoms with Crippen LogP contribution in [0.25, 0.3) is 10.9 Å². The predicted molar refractivity (Wildman–Crippen MR) is 69.1 cm³/mol. The molecule has 0 unspecified atom stereocenters. The van der Waals surface area contributed by atoms with E-state index < -0.39 is 9.84 Å². The van der Waals surface area contributed by atoms with Gasteiger partial charge in [0.2, 0.25) is 0 Å². The minimum absolute atomic E-state index is 0.0435. The summed E-state index contributed by atoms with van der Waals surface area (Å²) in [6, 6.07) is 10.8. The second-order valence-corrected chi connectivity index (χ2v) is 6.14. The minimum atomic E-state index is -3.31. The number of sulfone groups is 1. The van der Waals surface area contributed by atoms with Crippen LogP contribution in [0.15, 0.2) is 41.4 Å². The molecule has 0 spiro atoms. The number of benzene rings is 1. The molecule has 0 bridgehead atoms. The first-order valence-electron chi connectivity index (χ1n) is 5.28. The van der Waals surface area contributed by atoms with Gasteiger partial charge in [0.25, 0.3) is 0 Å². The Bertz CT molecular complexity index is 625. The van der Waals surface area contributed by atoms with Crippen molar-refractivity contribution >= 4 is 32.3 Å². The summed E-state index contributed by atoms with van der Waals surface area (Å²) in [6.45, 7) is 0. The highest BCUT2D eigenvalue weighted by molar-refractivity contribution is 7.91. The van der Waals surface area contributed by atoms with Gasteiger partial charge < -0.3 is 0 Å². The van der Waals surface area contributed by atoms with E-state index >= 15 is 0 Å². The molecular weight excluding hydrogens is 258 g/mol. The van der Waals surface area contributed by atoms with E-state index in [0.717, 1.165) is 5.39 Å². The van der Waals surface area contributed by atoms with Crippen LogP contribution in [0.4, 0.5) is 0 Å². The third kappa shape index (κ3) is 2.76. The lowest BCUT2D eigenvalue weighted by Gasteiger charge is -2.03. The molecule has 5 heteroatoms. The monoisotopic (exact) mass is 269 g/mol. The largest absolute Gasteiger partial charge is 0.236 e. The van der Waals surface area contributed by atoms with Crippen LogP contribution < -0.4 is 0 Å². The first-order chi connectivity index (χ1) is 8.13. The smallest absolute Gasteiger partial charge is 0.195 e. The SMILES string of the molecule is O=S(=O)(CCCCl)c1ccc2ccccc2n1. The summed E-state index contributed by atoms with van der Waals surface area (Å²) in [7, 11) is -3.31. The zero-order valence-corrected chi connectivity index (χ0v) is 10.7. The number of fused-ring (bicyclic) bond motifs is 1. The van der Waals surface area contributed by atoms with Gasteiger partial charge in [0, 0.05) is 11.3 Å². The lowest BCUT2D eigenvalue weighted by molar-refractivity contribution is 0.591. The van der Waals surface area contributed by atoms with Crippen molar-refractivity contribution in [2.45, 2.75) is 11.4 Å². The van der Waals surface area contributed by atoms with E-state index in [1.54, 1.807) is 18.2 Å². The summed E-state index contributed by atoms with van der Waals surface area (Å²) in [5.41, 5.74) is 0.694. The third-order valence-corrected chi connectivity index (χ3v) is 4.40. The normalized spacial score (nSPS) is 11.8. The van der Waals surface area contributed by atoms with Crippen LogP contribution in [0.5, 0.6) is 0 Å². The average molecular weight is 270 g/mol. The molecule has 0 fully saturated rings. The fourth-order valence-corrected chi connectivity index (χ4v) is 3.11. The van der Waals surface area contributed by atoms with Crippen molar-refractivity contribution in [2.75, 3.05) is 11.6 Å². The summed E-state index contributed by atoms with van der Waals surface area (Å²) in [5.74, 6) is 0.384. The van der Waals surface area contributed by atoms with Crippen LogP contribution in [-0.4, -0.2) is 25.0 Å². The Balaban J connectivity index is 2.42. The predicted octanol–water partition coefficient (Wildman–Crippen LogP) is 2.64. The number of pyridine rings is 1. The molecule has 2 aromatic rings. The van der Waals surface area contributed by atoms with E-state index in [1.807, 2.05) is 18.2 Å². The number of alkyl halides is 1. The molecule has 1 aromatic heterocycles. The topological polar surface area (TPSA) is 47.0 Å². The Hall–Kier alpha value is -1.13. The van der Waals surface area contributed by atoms with E-state index in [4.69, 9.17) is 11.6 Å². The number of para-hydroxylation sites is 1. The van der Waals surface area contributed by atoms with Gasteiger partial charge in [-0.1, -0.05) is 18.2 Å². The maximum absolute atomic E-state index is 11.9. The van der Waals surface area contributed by atoms with Crippen molar-refractivity contribution in [1.29, 1.82) is 0 Å². The first kappa shape index (κ1) is 12.3. The molecule has 1 aromatic carbocycles. The van der Waals surface area contributed by atoms with Crippen LogP contribution in [0.2, 0.25) is 0 Å². The number of rotatable bonds is 4. The zero-order chi connectivity index (χ0) is 12.3. The molecule has 1 heterocycles. The maximum Gasteiger partial charge on any atom is 0.195 e. The van der Waals surface area contributed by atoms with Gasteiger partial charge in [-0.3, -0.25) is 0 Å². The van der Waals surface area contributed by atoms with Crippen molar-refractivity contribution in [3.63, 3.8) is 0 Å². The number of aromatic nitrogens is 1. The molecular formula is C12H12ClNO2S. The molecule has 0 amide bonds. The molecule has 0 saturated heterocycles. The van der Waals surface area contributed by atoms with Crippen molar-refractivity contribution in [2.24, 2.45) is 0 Å². The number of nitrogens with zero attached hydrogens (tertiary/aromatic N) is 1. The minimum Gasteiger partial charge on any atom is -0.236 e. The molecule has 0 atom stereocenters. The van der Waals surface area contributed by atoms with Crippen molar-refractivity contribution < 1.29 is 8.42 Å². The third-order valence-electron chi connectivity index (χ3n) is 2.44. The van der Waals surface area contributed by atoms with Crippen molar-refractivity contribution in [3.05, 3.63) is 36.4 Å². The van der Waals surface area contributed by atoms with Crippen molar-refractivity contribution in [3.8, 4) is 0 Å². The second kappa shape index (κ2) is 5.02. The highest BCUT2D eigenvalue weighted by atomic mass is 35.5. The van der Waals surface area contributed by atoms with Gasteiger partial charge >= 0.3 is 0 Å². The molecule has 2 rings (SSSR count). The summed E-state index contributed by atoms with van der Waals surface area (Å²) in [6.07, 6.45) is 0.443. The maximum atomic E-state index is 11.9. The lowest BCUT2D eigenvalue weighted by atomic mass is 10.2. The molecule has 0 saturated carbocycles. The van der Waals surface area contributed by atoms with Gasteiger partial charge in [-0.05, 0) is 24.6 Å². The summed E-state index contributed by atoms with van der Waals surface area (Å²) >= 11 is 5.51. The molecule has 3 nitrogen and oxygen atoms in total. The van der Waals surface area contributed by atoms with Gasteiger partial charge in [-0.2, -0.15) is 0 Å². The Morgan fingerprint density at radius 1 is 1.12 bits per heavy atom. The zero-order valence-electron chi connectivity index (χ0n) is 9.14. The molecule has 17 heavy (non-hydrogen) atoms. The van der Waals surface area contributed by atoms with E-state index in [1.165, 1.54) is 0 Å². The fraction of sp³-hybridized carbons (Fsp3) is 0.250. The number of hydrogen-bond acceptors (Lipinski definition) is 3. The summed E-state index contributed by atoms with van der Waals surface area (Å²) in [4.78, 5) is 4.17. The van der Waals surface area contributed by atoms with Gasteiger partial charge in [0.15, 0.2) is 14.9 Å². The van der Waals surface area contributed by atoms with E-state index in [-0.39, 0.29) is 10.8 Å². The Morgan fingerprint density at radius 3 is 2.65 bits per heavy atom. The van der Waals surface area contributed by atoms with Crippen LogP contribution in [-0.2, 0) is 9.84 Å². The Labute approximate surface area is 105 Å². The molecule has 0 aliphatic rings. The van der Waals surface area contributed by atoms with E-state index in [9.17, 15) is 8.42 Å².